The number of methoxy groups -OCH3 is 1. The van der Waals surface area contributed by atoms with Crippen LogP contribution in [0, 0.1) is 6.92 Å². The summed E-state index contributed by atoms with van der Waals surface area (Å²) in [6, 6.07) is 4.13. The van der Waals surface area contributed by atoms with Gasteiger partial charge in [0, 0.05) is 7.11 Å². The SMILES string of the molecule is COC(C)(C)CCS(=O)(=O)c1cc(C(=O)O)ccc1C. The molecule has 0 radical (unpaired) electrons. The molecule has 0 unspecified atom stereocenters. The van der Waals surface area contributed by atoms with E-state index in [1.165, 1.54) is 25.3 Å². The Morgan fingerprint density at radius 2 is 1.95 bits per heavy atom. The number of ether oxygens (including phenoxy) is 1. The predicted octanol–water partition coefficient (Wildman–Crippen LogP) is 2.28. The lowest BCUT2D eigenvalue weighted by molar-refractivity contribution is 0.0203. The fourth-order valence-electron chi connectivity index (χ4n) is 1.66. The van der Waals surface area contributed by atoms with Crippen molar-refractivity contribution in [1.29, 1.82) is 0 Å². The van der Waals surface area contributed by atoms with Crippen LogP contribution in [0.1, 0.15) is 36.2 Å². The number of hydrogen-bond donors (Lipinski definition) is 1. The lowest BCUT2D eigenvalue weighted by Gasteiger charge is -2.22. The van der Waals surface area contributed by atoms with Gasteiger partial charge in [0.1, 0.15) is 0 Å². The van der Waals surface area contributed by atoms with E-state index in [4.69, 9.17) is 9.84 Å². The van der Waals surface area contributed by atoms with Crippen LogP contribution in [-0.4, -0.2) is 38.0 Å². The number of rotatable bonds is 6. The molecule has 0 fully saturated rings. The van der Waals surface area contributed by atoms with Crippen LogP contribution in [0.4, 0.5) is 0 Å². The van der Waals surface area contributed by atoms with Crippen molar-refractivity contribution in [2.45, 2.75) is 37.7 Å². The number of carbonyl (C=O) groups is 1. The number of aromatic carboxylic acids is 1. The van der Waals surface area contributed by atoms with E-state index < -0.39 is 21.4 Å². The normalized spacial score (nSPS) is 12.4. The quantitative estimate of drug-likeness (QED) is 0.871. The van der Waals surface area contributed by atoms with E-state index in [0.717, 1.165) is 0 Å². The van der Waals surface area contributed by atoms with E-state index in [2.05, 4.69) is 0 Å². The molecule has 1 aromatic rings. The van der Waals surface area contributed by atoms with Gasteiger partial charge in [-0.05, 0) is 44.9 Å². The average molecular weight is 300 g/mol. The van der Waals surface area contributed by atoms with Gasteiger partial charge >= 0.3 is 5.97 Å². The topological polar surface area (TPSA) is 80.7 Å². The van der Waals surface area contributed by atoms with Crippen LogP contribution in [-0.2, 0) is 14.6 Å². The van der Waals surface area contributed by atoms with E-state index in [1.54, 1.807) is 6.92 Å². The van der Waals surface area contributed by atoms with Crippen molar-refractivity contribution < 1.29 is 23.1 Å². The summed E-state index contributed by atoms with van der Waals surface area (Å²) in [6.07, 6.45) is 0.336. The maximum atomic E-state index is 12.3. The van der Waals surface area contributed by atoms with Gasteiger partial charge in [0.25, 0.3) is 0 Å². The molecule has 112 valence electrons. The van der Waals surface area contributed by atoms with Crippen molar-refractivity contribution in [2.75, 3.05) is 12.9 Å². The molecule has 0 bridgehead atoms. The predicted molar refractivity (Wildman–Crippen MR) is 75.9 cm³/mol. The third-order valence-electron chi connectivity index (χ3n) is 3.30. The Morgan fingerprint density at radius 3 is 2.45 bits per heavy atom. The molecular formula is C14H20O5S. The highest BCUT2D eigenvalue weighted by Gasteiger charge is 2.24. The molecule has 1 aromatic carbocycles. The van der Waals surface area contributed by atoms with Gasteiger partial charge in [0.05, 0.1) is 21.8 Å². The minimum absolute atomic E-state index is 0.0276. The average Bonchev–Trinajstić information content (AvgIpc) is 2.37. The fraction of sp³-hybridized carbons (Fsp3) is 0.500. The van der Waals surface area contributed by atoms with Crippen molar-refractivity contribution in [1.82, 2.24) is 0 Å². The first kappa shape index (κ1) is 16.7. The summed E-state index contributed by atoms with van der Waals surface area (Å²) in [7, 11) is -2.00. The molecule has 0 aliphatic rings. The number of benzene rings is 1. The summed E-state index contributed by atoms with van der Waals surface area (Å²) in [6.45, 7) is 5.27. The highest BCUT2D eigenvalue weighted by atomic mass is 32.2. The molecule has 0 atom stereocenters. The number of carboxylic acid groups (broad SMARTS) is 1. The van der Waals surface area contributed by atoms with Gasteiger partial charge in [0.15, 0.2) is 9.84 Å². The monoisotopic (exact) mass is 300 g/mol. The second kappa shape index (κ2) is 5.93. The first-order chi connectivity index (χ1) is 9.09. The minimum atomic E-state index is -3.53. The van der Waals surface area contributed by atoms with Crippen molar-refractivity contribution in [3.8, 4) is 0 Å². The molecule has 1 N–H and O–H groups in total. The van der Waals surface area contributed by atoms with Crippen LogP contribution >= 0.6 is 0 Å². The lowest BCUT2D eigenvalue weighted by Crippen LogP contribution is -2.26. The Bertz CT molecular complexity index is 602. The molecule has 0 aliphatic heterocycles. The number of carboxylic acids is 1. The zero-order valence-electron chi connectivity index (χ0n) is 12.1. The Balaban J connectivity index is 3.09. The molecule has 20 heavy (non-hydrogen) atoms. The first-order valence-electron chi connectivity index (χ1n) is 6.21. The van der Waals surface area contributed by atoms with Crippen LogP contribution in [0.25, 0.3) is 0 Å². The van der Waals surface area contributed by atoms with Gasteiger partial charge in [-0.25, -0.2) is 13.2 Å². The molecule has 0 saturated carbocycles. The van der Waals surface area contributed by atoms with Gasteiger partial charge in [-0.2, -0.15) is 0 Å². The van der Waals surface area contributed by atoms with Crippen molar-refractivity contribution in [3.05, 3.63) is 29.3 Å². The van der Waals surface area contributed by atoms with E-state index in [9.17, 15) is 13.2 Å². The molecule has 1 rings (SSSR count). The van der Waals surface area contributed by atoms with E-state index >= 15 is 0 Å². The Kier molecular flexibility index (Phi) is 4.94. The van der Waals surface area contributed by atoms with E-state index in [1.807, 2.05) is 13.8 Å². The summed E-state index contributed by atoms with van der Waals surface area (Å²) >= 11 is 0. The summed E-state index contributed by atoms with van der Waals surface area (Å²) < 4.78 is 29.9. The first-order valence-corrected chi connectivity index (χ1v) is 7.86. The Hall–Kier alpha value is -1.40. The van der Waals surface area contributed by atoms with Crippen molar-refractivity contribution in [2.24, 2.45) is 0 Å². The second-order valence-corrected chi connectivity index (χ2v) is 7.40. The van der Waals surface area contributed by atoms with Gasteiger partial charge in [-0.1, -0.05) is 6.07 Å². The minimum Gasteiger partial charge on any atom is -0.478 e. The molecule has 0 spiro atoms. The molecule has 0 aromatic heterocycles. The maximum absolute atomic E-state index is 12.3. The Morgan fingerprint density at radius 1 is 1.35 bits per heavy atom. The van der Waals surface area contributed by atoms with Crippen LogP contribution in [0.3, 0.4) is 0 Å². The molecule has 0 amide bonds. The zero-order chi connectivity index (χ0) is 15.6. The smallest absolute Gasteiger partial charge is 0.335 e. The van der Waals surface area contributed by atoms with Gasteiger partial charge < -0.3 is 9.84 Å². The highest BCUT2D eigenvalue weighted by Crippen LogP contribution is 2.22. The summed E-state index contributed by atoms with van der Waals surface area (Å²) in [5.41, 5.74) is -0.0174. The summed E-state index contributed by atoms with van der Waals surface area (Å²) in [4.78, 5) is 11.0. The van der Waals surface area contributed by atoms with Crippen LogP contribution in [0.15, 0.2) is 23.1 Å². The van der Waals surface area contributed by atoms with Crippen LogP contribution < -0.4 is 0 Å². The largest absolute Gasteiger partial charge is 0.478 e. The van der Waals surface area contributed by atoms with Crippen molar-refractivity contribution >= 4 is 15.8 Å². The maximum Gasteiger partial charge on any atom is 0.335 e. The third kappa shape index (κ3) is 4.05. The highest BCUT2D eigenvalue weighted by molar-refractivity contribution is 7.91. The van der Waals surface area contributed by atoms with Gasteiger partial charge in [0.2, 0.25) is 0 Å². The second-order valence-electron chi connectivity index (χ2n) is 5.32. The number of sulfone groups is 1. The standard InChI is InChI=1S/C14H20O5S/c1-10-5-6-11(13(15)16)9-12(10)20(17,18)8-7-14(2,3)19-4/h5-6,9H,7-8H2,1-4H3,(H,15,16). The molecule has 6 heteroatoms. The molecule has 0 heterocycles. The lowest BCUT2D eigenvalue weighted by atomic mass is 10.1. The molecule has 0 aliphatic carbocycles. The zero-order valence-corrected chi connectivity index (χ0v) is 13.0. The number of hydrogen-bond acceptors (Lipinski definition) is 4. The van der Waals surface area contributed by atoms with Gasteiger partial charge in [-0.15, -0.1) is 0 Å². The summed E-state index contributed by atoms with van der Waals surface area (Å²) in [5, 5.41) is 8.95. The summed E-state index contributed by atoms with van der Waals surface area (Å²) in [5.74, 6) is -1.23. The van der Waals surface area contributed by atoms with Gasteiger partial charge in [-0.3, -0.25) is 0 Å². The van der Waals surface area contributed by atoms with E-state index in [0.29, 0.717) is 12.0 Å². The molecular weight excluding hydrogens is 280 g/mol. The number of aryl methyl sites for hydroxylation is 1. The van der Waals surface area contributed by atoms with Crippen LogP contribution in [0.2, 0.25) is 0 Å². The fourth-order valence-corrected chi connectivity index (χ4v) is 3.51. The Labute approximate surface area is 119 Å². The molecule has 5 nitrogen and oxygen atoms in total. The van der Waals surface area contributed by atoms with Crippen LogP contribution in [0.5, 0.6) is 0 Å². The molecule has 0 saturated heterocycles. The van der Waals surface area contributed by atoms with Crippen molar-refractivity contribution in [3.63, 3.8) is 0 Å². The van der Waals surface area contributed by atoms with E-state index in [-0.39, 0.29) is 16.2 Å². The third-order valence-corrected chi connectivity index (χ3v) is 5.15.